The molecule has 2 N–H and O–H groups in total. The summed E-state index contributed by atoms with van der Waals surface area (Å²) in [5.41, 5.74) is 1.37. The fourth-order valence-corrected chi connectivity index (χ4v) is 1.20. The number of aliphatic hydroxyl groups excluding tert-OH is 1. The summed E-state index contributed by atoms with van der Waals surface area (Å²) < 4.78 is 0. The van der Waals surface area contributed by atoms with Crippen molar-refractivity contribution in [1.29, 1.82) is 0 Å². The highest BCUT2D eigenvalue weighted by molar-refractivity contribution is 5.59. The van der Waals surface area contributed by atoms with Gasteiger partial charge in [0, 0.05) is 23.9 Å². The average Bonchev–Trinajstić information content (AvgIpc) is 2.16. The van der Waals surface area contributed by atoms with Crippen molar-refractivity contribution < 1.29 is 10.0 Å². The minimum absolute atomic E-state index is 0.00211. The maximum atomic E-state index is 10.6. The Morgan fingerprint density at radius 1 is 1.57 bits per heavy atom. The Labute approximate surface area is 81.5 Å². The summed E-state index contributed by atoms with van der Waals surface area (Å²) in [6.07, 6.45) is 0. The van der Waals surface area contributed by atoms with E-state index >= 15 is 0 Å². The monoisotopic (exact) mass is 196 g/mol. The lowest BCUT2D eigenvalue weighted by Crippen LogP contribution is -2.07. The molecule has 0 radical (unpaired) electrons. The van der Waals surface area contributed by atoms with Crippen molar-refractivity contribution in [1.82, 2.24) is 0 Å². The highest BCUT2D eigenvalue weighted by Crippen LogP contribution is 2.24. The number of hydrogen-bond acceptors (Lipinski definition) is 4. The van der Waals surface area contributed by atoms with Gasteiger partial charge in [0.05, 0.1) is 11.5 Å². The first kappa shape index (κ1) is 10.5. The molecule has 0 aliphatic heterocycles. The minimum atomic E-state index is -0.417. The summed E-state index contributed by atoms with van der Waals surface area (Å²) in [6, 6.07) is 4.82. The van der Waals surface area contributed by atoms with Crippen molar-refractivity contribution in [3.05, 3.63) is 33.9 Å². The molecule has 14 heavy (non-hydrogen) atoms. The van der Waals surface area contributed by atoms with Gasteiger partial charge in [-0.1, -0.05) is 6.07 Å². The Morgan fingerprint density at radius 2 is 2.29 bits per heavy atom. The standard InChI is InChI=1S/C9H12N2O3/c1-7-8(10-5-6-12)3-2-4-9(7)11(13)14/h2-4,10,12H,5-6H2,1H3. The van der Waals surface area contributed by atoms with E-state index in [9.17, 15) is 10.1 Å². The second kappa shape index (κ2) is 4.57. The van der Waals surface area contributed by atoms with E-state index in [-0.39, 0.29) is 12.3 Å². The molecule has 0 heterocycles. The van der Waals surface area contributed by atoms with Crippen LogP contribution in [-0.4, -0.2) is 23.2 Å². The van der Waals surface area contributed by atoms with E-state index in [0.29, 0.717) is 17.8 Å². The molecule has 0 unspecified atom stereocenters. The summed E-state index contributed by atoms with van der Waals surface area (Å²) in [7, 11) is 0. The van der Waals surface area contributed by atoms with E-state index in [1.165, 1.54) is 6.07 Å². The number of rotatable bonds is 4. The predicted octanol–water partition coefficient (Wildman–Crippen LogP) is 1.31. The number of nitrogens with zero attached hydrogens (tertiary/aromatic N) is 1. The predicted molar refractivity (Wildman–Crippen MR) is 53.4 cm³/mol. The molecule has 1 rings (SSSR count). The zero-order valence-corrected chi connectivity index (χ0v) is 7.86. The van der Waals surface area contributed by atoms with E-state index in [0.717, 1.165) is 0 Å². The molecule has 0 saturated heterocycles. The minimum Gasteiger partial charge on any atom is -0.395 e. The number of nitro benzene ring substituents is 1. The Morgan fingerprint density at radius 3 is 2.86 bits per heavy atom. The summed E-state index contributed by atoms with van der Waals surface area (Å²) in [5.74, 6) is 0. The normalized spacial score (nSPS) is 9.86. The van der Waals surface area contributed by atoms with Crippen molar-refractivity contribution in [2.45, 2.75) is 6.92 Å². The topological polar surface area (TPSA) is 75.4 Å². The molecular weight excluding hydrogens is 184 g/mol. The number of hydrogen-bond donors (Lipinski definition) is 2. The van der Waals surface area contributed by atoms with E-state index in [1.54, 1.807) is 19.1 Å². The van der Waals surface area contributed by atoms with Crippen LogP contribution in [0.15, 0.2) is 18.2 Å². The Hall–Kier alpha value is -1.62. The Bertz CT molecular complexity index is 339. The van der Waals surface area contributed by atoms with Gasteiger partial charge in [0.15, 0.2) is 0 Å². The van der Waals surface area contributed by atoms with Crippen molar-refractivity contribution in [3.8, 4) is 0 Å². The summed E-state index contributed by atoms with van der Waals surface area (Å²) in [4.78, 5) is 10.2. The van der Waals surface area contributed by atoms with Crippen LogP contribution in [-0.2, 0) is 0 Å². The molecule has 0 saturated carbocycles. The van der Waals surface area contributed by atoms with Gasteiger partial charge in [-0.05, 0) is 13.0 Å². The zero-order valence-electron chi connectivity index (χ0n) is 7.86. The third kappa shape index (κ3) is 2.20. The number of anilines is 1. The van der Waals surface area contributed by atoms with Gasteiger partial charge in [-0.2, -0.15) is 0 Å². The highest BCUT2D eigenvalue weighted by atomic mass is 16.6. The highest BCUT2D eigenvalue weighted by Gasteiger charge is 2.12. The first-order valence-electron chi connectivity index (χ1n) is 4.25. The quantitative estimate of drug-likeness (QED) is 0.562. The summed E-state index contributed by atoms with van der Waals surface area (Å²) in [6.45, 7) is 2.07. The first-order chi connectivity index (χ1) is 6.66. The third-order valence-corrected chi connectivity index (χ3v) is 1.93. The van der Waals surface area contributed by atoms with E-state index in [1.807, 2.05) is 0 Å². The molecule has 5 heteroatoms. The second-order valence-corrected chi connectivity index (χ2v) is 2.86. The Kier molecular flexibility index (Phi) is 3.41. The van der Waals surface area contributed by atoms with Gasteiger partial charge in [0.25, 0.3) is 5.69 Å². The first-order valence-corrected chi connectivity index (χ1v) is 4.25. The van der Waals surface area contributed by atoms with Gasteiger partial charge in [-0.3, -0.25) is 10.1 Å². The molecule has 0 amide bonds. The number of benzene rings is 1. The van der Waals surface area contributed by atoms with E-state index in [2.05, 4.69) is 5.32 Å². The van der Waals surface area contributed by atoms with Crippen LogP contribution in [0.4, 0.5) is 11.4 Å². The van der Waals surface area contributed by atoms with Gasteiger partial charge in [0.1, 0.15) is 0 Å². The van der Waals surface area contributed by atoms with Crippen LogP contribution in [0.1, 0.15) is 5.56 Å². The van der Waals surface area contributed by atoms with Gasteiger partial charge >= 0.3 is 0 Å². The fourth-order valence-electron chi connectivity index (χ4n) is 1.20. The molecule has 0 aliphatic carbocycles. The lowest BCUT2D eigenvalue weighted by atomic mass is 10.1. The maximum Gasteiger partial charge on any atom is 0.274 e. The van der Waals surface area contributed by atoms with Gasteiger partial charge < -0.3 is 10.4 Å². The van der Waals surface area contributed by atoms with E-state index < -0.39 is 4.92 Å². The molecule has 0 fully saturated rings. The van der Waals surface area contributed by atoms with E-state index in [4.69, 9.17) is 5.11 Å². The van der Waals surface area contributed by atoms with Crippen LogP contribution in [0.5, 0.6) is 0 Å². The fraction of sp³-hybridized carbons (Fsp3) is 0.333. The molecule has 5 nitrogen and oxygen atoms in total. The number of nitro groups is 1. The summed E-state index contributed by atoms with van der Waals surface area (Å²) in [5, 5.41) is 22.1. The van der Waals surface area contributed by atoms with Crippen LogP contribution < -0.4 is 5.32 Å². The largest absolute Gasteiger partial charge is 0.395 e. The second-order valence-electron chi connectivity index (χ2n) is 2.86. The molecule has 0 bridgehead atoms. The molecule has 76 valence electrons. The smallest absolute Gasteiger partial charge is 0.274 e. The van der Waals surface area contributed by atoms with Gasteiger partial charge in [-0.25, -0.2) is 0 Å². The van der Waals surface area contributed by atoms with Gasteiger partial charge in [0.2, 0.25) is 0 Å². The van der Waals surface area contributed by atoms with Crippen LogP contribution in [0.2, 0.25) is 0 Å². The number of aliphatic hydroxyl groups is 1. The van der Waals surface area contributed by atoms with Crippen molar-refractivity contribution in [2.24, 2.45) is 0 Å². The van der Waals surface area contributed by atoms with Crippen LogP contribution >= 0.6 is 0 Å². The van der Waals surface area contributed by atoms with Crippen LogP contribution in [0, 0.1) is 17.0 Å². The van der Waals surface area contributed by atoms with Crippen molar-refractivity contribution in [2.75, 3.05) is 18.5 Å². The molecule has 0 aliphatic rings. The lowest BCUT2D eigenvalue weighted by Gasteiger charge is -2.07. The van der Waals surface area contributed by atoms with Crippen LogP contribution in [0.3, 0.4) is 0 Å². The third-order valence-electron chi connectivity index (χ3n) is 1.93. The maximum absolute atomic E-state index is 10.6. The van der Waals surface area contributed by atoms with Crippen LogP contribution in [0.25, 0.3) is 0 Å². The Balaban J connectivity index is 2.95. The zero-order chi connectivity index (χ0) is 10.6. The SMILES string of the molecule is Cc1c(NCCO)cccc1[N+](=O)[O-]. The molecule has 1 aromatic rings. The molecule has 0 spiro atoms. The lowest BCUT2D eigenvalue weighted by molar-refractivity contribution is -0.385. The summed E-state index contributed by atoms with van der Waals surface area (Å²) >= 11 is 0. The molecular formula is C9H12N2O3. The van der Waals surface area contributed by atoms with Crippen molar-refractivity contribution >= 4 is 11.4 Å². The van der Waals surface area contributed by atoms with Gasteiger partial charge in [-0.15, -0.1) is 0 Å². The molecule has 0 aromatic heterocycles. The van der Waals surface area contributed by atoms with Crippen molar-refractivity contribution in [3.63, 3.8) is 0 Å². The number of nitrogens with one attached hydrogen (secondary N) is 1. The average molecular weight is 196 g/mol. The molecule has 0 atom stereocenters. The molecule has 1 aromatic carbocycles.